The minimum absolute atomic E-state index is 0.298. The van der Waals surface area contributed by atoms with Crippen molar-refractivity contribution in [3.63, 3.8) is 0 Å². The van der Waals surface area contributed by atoms with Crippen molar-refractivity contribution < 1.29 is 9.90 Å². The van der Waals surface area contributed by atoms with Crippen LogP contribution < -0.4 is 5.32 Å². The molecule has 2 N–H and O–H groups in total. The van der Waals surface area contributed by atoms with Gasteiger partial charge in [0.1, 0.15) is 0 Å². The summed E-state index contributed by atoms with van der Waals surface area (Å²) in [5.41, 5.74) is 4.87. The van der Waals surface area contributed by atoms with Crippen molar-refractivity contribution >= 4 is 5.97 Å². The third-order valence-electron chi connectivity index (χ3n) is 3.71. The molecule has 0 fully saturated rings. The monoisotopic (exact) mass is 271 g/mol. The Kier molecular flexibility index (Phi) is 3.28. The van der Waals surface area contributed by atoms with E-state index in [1.54, 1.807) is 12.1 Å². The summed E-state index contributed by atoms with van der Waals surface area (Å²) < 4.78 is 1.96. The van der Waals surface area contributed by atoms with Crippen LogP contribution in [0.1, 0.15) is 34.2 Å². The maximum Gasteiger partial charge on any atom is 0.335 e. The molecule has 2 aromatic rings. The average molecular weight is 271 g/mol. The van der Waals surface area contributed by atoms with Gasteiger partial charge in [0.15, 0.2) is 0 Å². The summed E-state index contributed by atoms with van der Waals surface area (Å²) in [6.07, 6.45) is 1.85. The van der Waals surface area contributed by atoms with E-state index in [9.17, 15) is 4.79 Å². The Labute approximate surface area is 117 Å². The van der Waals surface area contributed by atoms with Gasteiger partial charge in [-0.25, -0.2) is 9.48 Å². The number of benzene rings is 1. The van der Waals surface area contributed by atoms with Gasteiger partial charge < -0.3 is 10.4 Å². The Morgan fingerprint density at radius 3 is 2.80 bits per heavy atom. The number of aromatic carboxylic acids is 1. The number of fused-ring (bicyclic) bond motifs is 1. The van der Waals surface area contributed by atoms with Gasteiger partial charge >= 0.3 is 5.97 Å². The highest BCUT2D eigenvalue weighted by Crippen LogP contribution is 2.22. The number of carboxylic acids is 1. The second-order valence-corrected chi connectivity index (χ2v) is 4.92. The van der Waals surface area contributed by atoms with Gasteiger partial charge in [0.2, 0.25) is 0 Å². The molecule has 3 rings (SSSR count). The van der Waals surface area contributed by atoms with Crippen molar-refractivity contribution in [1.29, 1.82) is 0 Å². The Morgan fingerprint density at radius 2 is 2.15 bits per heavy atom. The molecule has 1 aromatic heterocycles. The van der Waals surface area contributed by atoms with Gasteiger partial charge in [-0.15, -0.1) is 0 Å². The minimum atomic E-state index is -0.905. The number of rotatable bonds is 3. The molecule has 0 unspecified atom stereocenters. The number of carbonyl (C=O) groups is 1. The van der Waals surface area contributed by atoms with E-state index in [0.717, 1.165) is 37.3 Å². The molecule has 1 aliphatic heterocycles. The molecule has 0 radical (unpaired) electrons. The third kappa shape index (κ3) is 2.10. The topological polar surface area (TPSA) is 67.2 Å². The molecule has 20 heavy (non-hydrogen) atoms. The summed E-state index contributed by atoms with van der Waals surface area (Å²) in [5, 5.41) is 17.0. The van der Waals surface area contributed by atoms with E-state index >= 15 is 0 Å². The van der Waals surface area contributed by atoms with E-state index in [-0.39, 0.29) is 0 Å². The van der Waals surface area contributed by atoms with E-state index in [1.807, 2.05) is 16.8 Å². The van der Waals surface area contributed by atoms with Gasteiger partial charge in [-0.05, 0) is 30.7 Å². The zero-order chi connectivity index (χ0) is 14.1. The largest absolute Gasteiger partial charge is 0.478 e. The number of carboxylic acid groups (broad SMARTS) is 1. The summed E-state index contributed by atoms with van der Waals surface area (Å²) in [6, 6.07) is 6.88. The average Bonchev–Trinajstić information content (AvgIpc) is 2.86. The number of aromatic nitrogens is 2. The molecule has 0 bridgehead atoms. The van der Waals surface area contributed by atoms with Gasteiger partial charge in [0.05, 0.1) is 22.6 Å². The number of hydrogen-bond donors (Lipinski definition) is 2. The standard InChI is InChI=1S/C15H17N3O2/c1-2-13-12-9-16-8-7-14(12)18(17-13)11-5-3-10(4-6-11)15(19)20/h3-6,16H,2,7-9H2,1H3,(H,19,20). The quantitative estimate of drug-likeness (QED) is 0.893. The molecule has 104 valence electrons. The smallest absolute Gasteiger partial charge is 0.335 e. The molecule has 1 aliphatic rings. The number of nitrogens with zero attached hydrogens (tertiary/aromatic N) is 2. The highest BCUT2D eigenvalue weighted by molar-refractivity contribution is 5.87. The predicted molar refractivity (Wildman–Crippen MR) is 75.3 cm³/mol. The van der Waals surface area contributed by atoms with Crippen LogP contribution in [0.25, 0.3) is 5.69 Å². The highest BCUT2D eigenvalue weighted by Gasteiger charge is 2.20. The van der Waals surface area contributed by atoms with Crippen LogP contribution in [0.4, 0.5) is 0 Å². The van der Waals surface area contributed by atoms with Crippen LogP contribution in [0, 0.1) is 0 Å². The molecule has 5 nitrogen and oxygen atoms in total. The van der Waals surface area contributed by atoms with Crippen LogP contribution >= 0.6 is 0 Å². The first-order chi connectivity index (χ1) is 9.70. The van der Waals surface area contributed by atoms with E-state index in [2.05, 4.69) is 17.3 Å². The maximum absolute atomic E-state index is 10.9. The van der Waals surface area contributed by atoms with Crippen molar-refractivity contribution in [3.05, 3.63) is 46.8 Å². The highest BCUT2D eigenvalue weighted by atomic mass is 16.4. The number of aryl methyl sites for hydroxylation is 1. The third-order valence-corrected chi connectivity index (χ3v) is 3.71. The molecule has 0 saturated heterocycles. The zero-order valence-electron chi connectivity index (χ0n) is 11.4. The normalized spacial score (nSPS) is 14.1. The second-order valence-electron chi connectivity index (χ2n) is 4.92. The molecule has 0 atom stereocenters. The van der Waals surface area contributed by atoms with Crippen LogP contribution in [0.3, 0.4) is 0 Å². The van der Waals surface area contributed by atoms with E-state index in [1.165, 1.54) is 11.3 Å². The first-order valence-corrected chi connectivity index (χ1v) is 6.84. The molecule has 0 spiro atoms. The Morgan fingerprint density at radius 1 is 1.40 bits per heavy atom. The summed E-state index contributed by atoms with van der Waals surface area (Å²) in [6.45, 7) is 3.93. The summed E-state index contributed by atoms with van der Waals surface area (Å²) >= 11 is 0. The lowest BCUT2D eigenvalue weighted by Gasteiger charge is -2.15. The fraction of sp³-hybridized carbons (Fsp3) is 0.333. The fourth-order valence-corrected chi connectivity index (χ4v) is 2.66. The summed E-state index contributed by atoms with van der Waals surface area (Å²) in [4.78, 5) is 10.9. The fourth-order valence-electron chi connectivity index (χ4n) is 2.66. The van der Waals surface area contributed by atoms with Crippen LogP contribution in [0.15, 0.2) is 24.3 Å². The molecule has 0 aliphatic carbocycles. The Bertz CT molecular complexity index is 644. The number of nitrogens with one attached hydrogen (secondary N) is 1. The first kappa shape index (κ1) is 12.9. The maximum atomic E-state index is 10.9. The van der Waals surface area contributed by atoms with Crippen LogP contribution in [0.2, 0.25) is 0 Å². The van der Waals surface area contributed by atoms with Gasteiger partial charge in [0.25, 0.3) is 0 Å². The van der Waals surface area contributed by atoms with Gasteiger partial charge in [-0.3, -0.25) is 0 Å². The lowest BCUT2D eigenvalue weighted by atomic mass is 10.1. The van der Waals surface area contributed by atoms with E-state index in [4.69, 9.17) is 5.11 Å². The second kappa shape index (κ2) is 5.09. The lowest BCUT2D eigenvalue weighted by molar-refractivity contribution is 0.0697. The van der Waals surface area contributed by atoms with Gasteiger partial charge in [-0.1, -0.05) is 6.92 Å². The number of hydrogen-bond acceptors (Lipinski definition) is 3. The van der Waals surface area contributed by atoms with Gasteiger partial charge in [0, 0.05) is 25.1 Å². The molecular weight excluding hydrogens is 254 g/mol. The van der Waals surface area contributed by atoms with Crippen LogP contribution in [-0.4, -0.2) is 27.4 Å². The first-order valence-electron chi connectivity index (χ1n) is 6.84. The Hall–Kier alpha value is -2.14. The van der Waals surface area contributed by atoms with Crippen LogP contribution in [0.5, 0.6) is 0 Å². The molecule has 5 heteroatoms. The zero-order valence-corrected chi connectivity index (χ0v) is 11.4. The van der Waals surface area contributed by atoms with E-state index in [0.29, 0.717) is 5.56 Å². The molecule has 0 amide bonds. The molecule has 0 saturated carbocycles. The predicted octanol–water partition coefficient (Wildman–Crippen LogP) is 1.78. The Balaban J connectivity index is 2.05. The van der Waals surface area contributed by atoms with Crippen molar-refractivity contribution in [1.82, 2.24) is 15.1 Å². The van der Waals surface area contributed by atoms with E-state index < -0.39 is 5.97 Å². The molecule has 2 heterocycles. The van der Waals surface area contributed by atoms with Crippen LogP contribution in [-0.2, 0) is 19.4 Å². The summed E-state index contributed by atoms with van der Waals surface area (Å²) in [5.74, 6) is -0.905. The summed E-state index contributed by atoms with van der Waals surface area (Å²) in [7, 11) is 0. The SMILES string of the molecule is CCc1nn(-c2ccc(C(=O)O)cc2)c2c1CNCC2. The van der Waals surface area contributed by atoms with Crippen molar-refractivity contribution in [2.45, 2.75) is 26.3 Å². The van der Waals surface area contributed by atoms with Crippen molar-refractivity contribution in [2.75, 3.05) is 6.54 Å². The van der Waals surface area contributed by atoms with Crippen molar-refractivity contribution in [2.24, 2.45) is 0 Å². The lowest BCUT2D eigenvalue weighted by Crippen LogP contribution is -2.24. The van der Waals surface area contributed by atoms with Gasteiger partial charge in [-0.2, -0.15) is 5.10 Å². The molecule has 1 aromatic carbocycles. The van der Waals surface area contributed by atoms with Crippen molar-refractivity contribution in [3.8, 4) is 5.69 Å². The molecular formula is C15H17N3O2. The minimum Gasteiger partial charge on any atom is -0.478 e.